The van der Waals surface area contributed by atoms with Crippen LogP contribution in [-0.4, -0.2) is 37.3 Å². The fraction of sp³-hybridized carbons (Fsp3) is 0.538. The Balaban J connectivity index is 0.00000220. The normalized spacial score (nSPS) is 17.3. The van der Waals surface area contributed by atoms with E-state index in [1.165, 1.54) is 12.1 Å². The maximum absolute atomic E-state index is 13.8. The van der Waals surface area contributed by atoms with Crippen LogP contribution in [0.5, 0.6) is 0 Å². The standard InChI is InChI=1S/C13H15F5N2.2ClH/c14-10-3-1-2-9(12(10)15)11(8-13(16,17)18)20-6-4-19-5-7-20;;/h1-3,11,19H,4-8H2;2*1H/t11-;;/m0../s1. The molecule has 22 heavy (non-hydrogen) atoms. The fourth-order valence-electron chi connectivity index (χ4n) is 2.43. The lowest BCUT2D eigenvalue weighted by atomic mass is 10.00. The number of nitrogens with one attached hydrogen (secondary N) is 1. The first-order valence-corrected chi connectivity index (χ1v) is 6.34. The number of hydrogen-bond donors (Lipinski definition) is 1. The van der Waals surface area contributed by atoms with Gasteiger partial charge in [0.25, 0.3) is 0 Å². The van der Waals surface area contributed by atoms with E-state index >= 15 is 0 Å². The number of rotatable bonds is 3. The number of alkyl halides is 3. The highest BCUT2D eigenvalue weighted by molar-refractivity contribution is 5.85. The van der Waals surface area contributed by atoms with Crippen molar-refractivity contribution >= 4 is 24.8 Å². The predicted octanol–water partition coefficient (Wildman–Crippen LogP) is 3.71. The van der Waals surface area contributed by atoms with Gasteiger partial charge in [0.2, 0.25) is 0 Å². The lowest BCUT2D eigenvalue weighted by Gasteiger charge is -2.35. The molecule has 0 saturated carbocycles. The van der Waals surface area contributed by atoms with Crippen LogP contribution in [0.2, 0.25) is 0 Å². The Bertz CT molecular complexity index is 464. The topological polar surface area (TPSA) is 15.3 Å². The maximum Gasteiger partial charge on any atom is 0.390 e. The first kappa shape index (κ1) is 21.4. The van der Waals surface area contributed by atoms with Gasteiger partial charge >= 0.3 is 6.18 Å². The van der Waals surface area contributed by atoms with Crippen LogP contribution in [0.4, 0.5) is 22.0 Å². The molecule has 0 unspecified atom stereocenters. The van der Waals surface area contributed by atoms with Crippen LogP contribution in [0.15, 0.2) is 18.2 Å². The molecule has 9 heteroatoms. The van der Waals surface area contributed by atoms with Crippen molar-refractivity contribution < 1.29 is 22.0 Å². The first-order chi connectivity index (χ1) is 9.38. The summed E-state index contributed by atoms with van der Waals surface area (Å²) in [5.41, 5.74) is -0.232. The highest BCUT2D eigenvalue weighted by Gasteiger charge is 2.37. The Morgan fingerprint density at radius 2 is 1.68 bits per heavy atom. The molecular formula is C13H17Cl2F5N2. The molecule has 0 amide bonds. The second-order valence-corrected chi connectivity index (χ2v) is 4.76. The summed E-state index contributed by atoms with van der Waals surface area (Å²) in [4.78, 5) is 1.54. The molecule has 0 bridgehead atoms. The predicted molar refractivity (Wildman–Crippen MR) is 78.7 cm³/mol. The van der Waals surface area contributed by atoms with Crippen molar-refractivity contribution in [3.05, 3.63) is 35.4 Å². The van der Waals surface area contributed by atoms with Crippen LogP contribution in [0.25, 0.3) is 0 Å². The van der Waals surface area contributed by atoms with E-state index in [1.807, 2.05) is 0 Å². The molecule has 128 valence electrons. The van der Waals surface area contributed by atoms with Crippen LogP contribution in [-0.2, 0) is 0 Å². The molecule has 2 rings (SSSR count). The monoisotopic (exact) mass is 366 g/mol. The van der Waals surface area contributed by atoms with Gasteiger partial charge in [-0.3, -0.25) is 4.90 Å². The Morgan fingerprint density at radius 1 is 1.09 bits per heavy atom. The van der Waals surface area contributed by atoms with Gasteiger partial charge in [0, 0.05) is 37.8 Å². The molecule has 2 nitrogen and oxygen atoms in total. The molecule has 1 saturated heterocycles. The Hall–Kier alpha value is -0.630. The quantitative estimate of drug-likeness (QED) is 0.820. The third kappa shape index (κ3) is 5.53. The van der Waals surface area contributed by atoms with Crippen LogP contribution >= 0.6 is 24.8 Å². The molecule has 1 N–H and O–H groups in total. The van der Waals surface area contributed by atoms with Crippen molar-refractivity contribution in [2.45, 2.75) is 18.6 Å². The van der Waals surface area contributed by atoms with Gasteiger partial charge in [-0.15, -0.1) is 24.8 Å². The highest BCUT2D eigenvalue weighted by Crippen LogP contribution is 2.35. The summed E-state index contributed by atoms with van der Waals surface area (Å²) in [6.07, 6.45) is -5.62. The van der Waals surface area contributed by atoms with Gasteiger partial charge in [0.1, 0.15) is 0 Å². The zero-order valence-electron chi connectivity index (χ0n) is 11.5. The third-order valence-corrected chi connectivity index (χ3v) is 3.36. The summed E-state index contributed by atoms with van der Waals surface area (Å²) in [5.74, 6) is -2.31. The summed E-state index contributed by atoms with van der Waals surface area (Å²) in [6, 6.07) is 2.17. The average Bonchev–Trinajstić information content (AvgIpc) is 2.40. The molecule has 0 radical (unpaired) electrons. The zero-order valence-corrected chi connectivity index (χ0v) is 13.1. The molecule has 1 atom stereocenters. The van der Waals surface area contributed by atoms with E-state index < -0.39 is 30.3 Å². The number of piperazine rings is 1. The molecule has 1 heterocycles. The van der Waals surface area contributed by atoms with Crippen LogP contribution < -0.4 is 5.32 Å². The third-order valence-electron chi connectivity index (χ3n) is 3.36. The average molecular weight is 367 g/mol. The van der Waals surface area contributed by atoms with Gasteiger partial charge in [0.15, 0.2) is 11.6 Å². The molecular weight excluding hydrogens is 350 g/mol. The maximum atomic E-state index is 13.8. The van der Waals surface area contributed by atoms with Crippen LogP contribution in [0, 0.1) is 11.6 Å². The van der Waals surface area contributed by atoms with E-state index in [0.717, 1.165) is 6.07 Å². The molecule has 0 aliphatic carbocycles. The minimum Gasteiger partial charge on any atom is -0.314 e. The second kappa shape index (κ2) is 8.86. The van der Waals surface area contributed by atoms with E-state index in [1.54, 1.807) is 4.90 Å². The number of hydrogen-bond acceptors (Lipinski definition) is 2. The molecule has 1 aromatic rings. The van der Waals surface area contributed by atoms with E-state index in [2.05, 4.69) is 5.32 Å². The molecule has 1 aromatic carbocycles. The van der Waals surface area contributed by atoms with Crippen molar-refractivity contribution in [2.24, 2.45) is 0 Å². The largest absolute Gasteiger partial charge is 0.390 e. The van der Waals surface area contributed by atoms with Gasteiger partial charge in [-0.05, 0) is 6.07 Å². The molecule has 0 aromatic heterocycles. The molecule has 1 aliphatic heterocycles. The van der Waals surface area contributed by atoms with Gasteiger partial charge in [-0.2, -0.15) is 13.2 Å². The Kier molecular flexibility index (Phi) is 8.61. The van der Waals surface area contributed by atoms with E-state index in [9.17, 15) is 22.0 Å². The van der Waals surface area contributed by atoms with Gasteiger partial charge in [-0.25, -0.2) is 8.78 Å². The fourth-order valence-corrected chi connectivity index (χ4v) is 2.43. The lowest BCUT2D eigenvalue weighted by Crippen LogP contribution is -2.46. The molecule has 1 fully saturated rings. The van der Waals surface area contributed by atoms with Gasteiger partial charge < -0.3 is 5.32 Å². The van der Waals surface area contributed by atoms with Gasteiger partial charge in [0.05, 0.1) is 6.42 Å². The number of halogens is 7. The second-order valence-electron chi connectivity index (χ2n) is 4.76. The zero-order chi connectivity index (χ0) is 14.8. The minimum absolute atomic E-state index is 0. The summed E-state index contributed by atoms with van der Waals surface area (Å²) in [7, 11) is 0. The smallest absolute Gasteiger partial charge is 0.314 e. The number of benzene rings is 1. The highest BCUT2D eigenvalue weighted by atomic mass is 35.5. The van der Waals surface area contributed by atoms with E-state index in [-0.39, 0.29) is 30.4 Å². The van der Waals surface area contributed by atoms with Crippen LogP contribution in [0.3, 0.4) is 0 Å². The van der Waals surface area contributed by atoms with Crippen molar-refractivity contribution in [1.82, 2.24) is 10.2 Å². The summed E-state index contributed by atoms with van der Waals surface area (Å²) >= 11 is 0. The van der Waals surface area contributed by atoms with Crippen molar-refractivity contribution in [3.63, 3.8) is 0 Å². The Morgan fingerprint density at radius 3 is 2.23 bits per heavy atom. The van der Waals surface area contributed by atoms with Crippen molar-refractivity contribution in [1.29, 1.82) is 0 Å². The van der Waals surface area contributed by atoms with E-state index in [0.29, 0.717) is 26.2 Å². The first-order valence-electron chi connectivity index (χ1n) is 6.34. The van der Waals surface area contributed by atoms with Crippen molar-refractivity contribution in [3.8, 4) is 0 Å². The SMILES string of the molecule is Cl.Cl.Fc1cccc([C@H](CC(F)(F)F)N2CCNCC2)c1F. The van der Waals surface area contributed by atoms with Crippen molar-refractivity contribution in [2.75, 3.05) is 26.2 Å². The van der Waals surface area contributed by atoms with Gasteiger partial charge in [-0.1, -0.05) is 12.1 Å². The summed E-state index contributed by atoms with van der Waals surface area (Å²) in [6.45, 7) is 1.81. The lowest BCUT2D eigenvalue weighted by molar-refractivity contribution is -0.149. The van der Waals surface area contributed by atoms with Crippen LogP contribution in [0.1, 0.15) is 18.0 Å². The minimum atomic E-state index is -4.44. The number of nitrogens with zero attached hydrogens (tertiary/aromatic N) is 1. The Labute approximate surface area is 137 Å². The van der Waals surface area contributed by atoms with E-state index in [4.69, 9.17) is 0 Å². The summed E-state index contributed by atoms with van der Waals surface area (Å²) in [5, 5.41) is 3.02. The summed E-state index contributed by atoms with van der Waals surface area (Å²) < 4.78 is 65.2. The molecule has 1 aliphatic rings. The molecule has 0 spiro atoms.